The van der Waals surface area contributed by atoms with Crippen molar-refractivity contribution < 1.29 is 4.79 Å². The molecular weight excluding hydrogens is 158 g/mol. The summed E-state index contributed by atoms with van der Waals surface area (Å²) in [7, 11) is 0. The lowest BCUT2D eigenvalue weighted by Gasteiger charge is -2.38. The molecule has 0 aliphatic carbocycles. The van der Waals surface area contributed by atoms with E-state index in [4.69, 9.17) is 0 Å². The standard InChI is InChI=1S/C8H13NOS/c1-8-4-2-3-7(10)9(8)5-6-11-8/h2-6H2,1H3. The van der Waals surface area contributed by atoms with E-state index < -0.39 is 0 Å². The van der Waals surface area contributed by atoms with Gasteiger partial charge in [-0.2, -0.15) is 0 Å². The molecule has 2 rings (SSSR count). The molecule has 62 valence electrons. The van der Waals surface area contributed by atoms with Gasteiger partial charge in [0.1, 0.15) is 0 Å². The average molecular weight is 171 g/mol. The average Bonchev–Trinajstić information content (AvgIpc) is 2.31. The molecule has 0 aromatic rings. The number of amides is 1. The quantitative estimate of drug-likeness (QED) is 0.550. The van der Waals surface area contributed by atoms with E-state index in [0.717, 1.165) is 25.1 Å². The minimum atomic E-state index is 0.162. The molecular formula is C8H13NOS. The number of hydrogen-bond acceptors (Lipinski definition) is 2. The third-order valence-corrected chi connectivity index (χ3v) is 4.06. The van der Waals surface area contributed by atoms with E-state index in [0.29, 0.717) is 5.91 Å². The zero-order valence-electron chi connectivity index (χ0n) is 6.80. The summed E-state index contributed by atoms with van der Waals surface area (Å²) in [4.78, 5) is 13.6. The molecule has 2 heterocycles. The van der Waals surface area contributed by atoms with Gasteiger partial charge in [0.15, 0.2) is 0 Å². The molecule has 3 heteroatoms. The summed E-state index contributed by atoms with van der Waals surface area (Å²) in [5.41, 5.74) is 0. The van der Waals surface area contributed by atoms with Crippen molar-refractivity contribution in [3.8, 4) is 0 Å². The second kappa shape index (κ2) is 2.41. The van der Waals surface area contributed by atoms with E-state index in [-0.39, 0.29) is 4.87 Å². The first-order valence-electron chi connectivity index (χ1n) is 4.17. The Morgan fingerprint density at radius 3 is 3.18 bits per heavy atom. The van der Waals surface area contributed by atoms with Gasteiger partial charge in [-0.3, -0.25) is 4.79 Å². The molecule has 1 atom stereocenters. The van der Waals surface area contributed by atoms with Gasteiger partial charge < -0.3 is 4.90 Å². The van der Waals surface area contributed by atoms with Gasteiger partial charge in [-0.05, 0) is 19.8 Å². The second-order valence-electron chi connectivity index (χ2n) is 3.42. The first-order valence-corrected chi connectivity index (χ1v) is 5.15. The van der Waals surface area contributed by atoms with Crippen LogP contribution >= 0.6 is 11.8 Å². The Morgan fingerprint density at radius 1 is 1.64 bits per heavy atom. The van der Waals surface area contributed by atoms with E-state index in [9.17, 15) is 4.79 Å². The highest BCUT2D eigenvalue weighted by Gasteiger charge is 2.42. The highest BCUT2D eigenvalue weighted by Crippen LogP contribution is 2.42. The van der Waals surface area contributed by atoms with Gasteiger partial charge in [-0.15, -0.1) is 11.8 Å². The molecule has 1 unspecified atom stereocenters. The van der Waals surface area contributed by atoms with Gasteiger partial charge in [-0.1, -0.05) is 0 Å². The second-order valence-corrected chi connectivity index (χ2v) is 5.00. The van der Waals surface area contributed by atoms with Crippen LogP contribution in [-0.2, 0) is 4.79 Å². The van der Waals surface area contributed by atoms with Crippen molar-refractivity contribution in [2.45, 2.75) is 31.1 Å². The topological polar surface area (TPSA) is 20.3 Å². The van der Waals surface area contributed by atoms with Crippen molar-refractivity contribution >= 4 is 17.7 Å². The summed E-state index contributed by atoms with van der Waals surface area (Å²) in [6.45, 7) is 3.17. The van der Waals surface area contributed by atoms with Crippen LogP contribution in [0.4, 0.5) is 0 Å². The highest BCUT2D eigenvalue weighted by atomic mass is 32.2. The number of nitrogens with zero attached hydrogens (tertiary/aromatic N) is 1. The van der Waals surface area contributed by atoms with Crippen LogP contribution in [-0.4, -0.2) is 28.0 Å². The number of hydrogen-bond donors (Lipinski definition) is 0. The number of fused-ring (bicyclic) bond motifs is 1. The van der Waals surface area contributed by atoms with E-state index >= 15 is 0 Å². The lowest BCUT2D eigenvalue weighted by Crippen LogP contribution is -2.46. The third kappa shape index (κ3) is 1.06. The van der Waals surface area contributed by atoms with Crippen molar-refractivity contribution in [3.05, 3.63) is 0 Å². The van der Waals surface area contributed by atoms with Gasteiger partial charge in [0.05, 0.1) is 4.87 Å². The van der Waals surface area contributed by atoms with Crippen molar-refractivity contribution in [2.75, 3.05) is 12.3 Å². The fraction of sp³-hybridized carbons (Fsp3) is 0.875. The molecule has 0 aromatic carbocycles. The third-order valence-electron chi connectivity index (χ3n) is 2.63. The molecule has 11 heavy (non-hydrogen) atoms. The molecule has 2 aliphatic heterocycles. The summed E-state index contributed by atoms with van der Waals surface area (Å²) in [6.07, 6.45) is 3.04. The summed E-state index contributed by atoms with van der Waals surface area (Å²) < 4.78 is 0. The van der Waals surface area contributed by atoms with Crippen LogP contribution in [0.2, 0.25) is 0 Å². The molecule has 2 aliphatic rings. The summed E-state index contributed by atoms with van der Waals surface area (Å²) in [5, 5.41) is 0. The molecule has 0 bridgehead atoms. The molecule has 1 amide bonds. The van der Waals surface area contributed by atoms with Gasteiger partial charge in [-0.25, -0.2) is 0 Å². The van der Waals surface area contributed by atoms with Crippen LogP contribution in [0.3, 0.4) is 0 Å². The normalized spacial score (nSPS) is 37.5. The minimum absolute atomic E-state index is 0.162. The molecule has 0 spiro atoms. The van der Waals surface area contributed by atoms with Crippen molar-refractivity contribution in [1.82, 2.24) is 4.90 Å². The van der Waals surface area contributed by atoms with Gasteiger partial charge in [0.25, 0.3) is 0 Å². The van der Waals surface area contributed by atoms with Crippen LogP contribution in [0, 0.1) is 0 Å². The highest BCUT2D eigenvalue weighted by molar-refractivity contribution is 8.00. The van der Waals surface area contributed by atoms with E-state index in [1.807, 2.05) is 11.8 Å². The fourth-order valence-electron chi connectivity index (χ4n) is 1.97. The number of thioether (sulfide) groups is 1. The molecule has 0 saturated carbocycles. The first kappa shape index (κ1) is 7.47. The Kier molecular flexibility index (Phi) is 1.63. The molecule has 0 aromatic heterocycles. The van der Waals surface area contributed by atoms with Crippen molar-refractivity contribution in [1.29, 1.82) is 0 Å². The Morgan fingerprint density at radius 2 is 2.45 bits per heavy atom. The molecule has 2 fully saturated rings. The van der Waals surface area contributed by atoms with Gasteiger partial charge in [0.2, 0.25) is 5.91 Å². The fourth-order valence-corrected chi connectivity index (χ4v) is 3.32. The summed E-state index contributed by atoms with van der Waals surface area (Å²) >= 11 is 1.94. The minimum Gasteiger partial charge on any atom is -0.327 e. The largest absolute Gasteiger partial charge is 0.327 e. The Labute approximate surface area is 71.3 Å². The maximum absolute atomic E-state index is 11.4. The van der Waals surface area contributed by atoms with Gasteiger partial charge in [0, 0.05) is 18.7 Å². The Hall–Kier alpha value is -0.180. The molecule has 2 saturated heterocycles. The Balaban J connectivity index is 2.22. The lowest BCUT2D eigenvalue weighted by atomic mass is 10.0. The lowest BCUT2D eigenvalue weighted by molar-refractivity contribution is -0.136. The van der Waals surface area contributed by atoms with E-state index in [1.165, 1.54) is 6.42 Å². The number of carbonyl (C=O) groups is 1. The molecule has 0 N–H and O–H groups in total. The van der Waals surface area contributed by atoms with Crippen LogP contribution in [0.1, 0.15) is 26.2 Å². The molecule has 0 radical (unpaired) electrons. The SMILES string of the molecule is CC12CCCC(=O)N1CCS2. The predicted octanol–water partition coefficient (Wildman–Crippen LogP) is 1.46. The van der Waals surface area contributed by atoms with Gasteiger partial charge >= 0.3 is 0 Å². The van der Waals surface area contributed by atoms with Crippen LogP contribution in [0.15, 0.2) is 0 Å². The zero-order valence-corrected chi connectivity index (χ0v) is 7.62. The number of piperidine rings is 1. The zero-order chi connectivity index (χ0) is 7.90. The Bertz CT molecular complexity index is 195. The van der Waals surface area contributed by atoms with Crippen LogP contribution in [0.25, 0.3) is 0 Å². The molecule has 2 nitrogen and oxygen atoms in total. The first-order chi connectivity index (χ1) is 5.22. The maximum Gasteiger partial charge on any atom is 0.223 e. The number of carbonyl (C=O) groups excluding carboxylic acids is 1. The van der Waals surface area contributed by atoms with E-state index in [1.54, 1.807) is 0 Å². The summed E-state index contributed by atoms with van der Waals surface area (Å²) in [5.74, 6) is 1.49. The summed E-state index contributed by atoms with van der Waals surface area (Å²) in [6, 6.07) is 0. The van der Waals surface area contributed by atoms with Crippen LogP contribution < -0.4 is 0 Å². The number of rotatable bonds is 0. The van der Waals surface area contributed by atoms with Crippen molar-refractivity contribution in [2.24, 2.45) is 0 Å². The van der Waals surface area contributed by atoms with Crippen molar-refractivity contribution in [3.63, 3.8) is 0 Å². The maximum atomic E-state index is 11.4. The predicted molar refractivity (Wildman–Crippen MR) is 46.4 cm³/mol. The van der Waals surface area contributed by atoms with Crippen LogP contribution in [0.5, 0.6) is 0 Å². The smallest absolute Gasteiger partial charge is 0.223 e. The van der Waals surface area contributed by atoms with E-state index in [2.05, 4.69) is 11.8 Å². The monoisotopic (exact) mass is 171 g/mol.